The smallest absolute Gasteiger partial charge is 0.295 e. The molecule has 1 amide bonds. The molecule has 1 N–H and O–H groups in total. The van der Waals surface area contributed by atoms with E-state index in [0.29, 0.717) is 29.9 Å². The molecule has 4 aromatic rings. The third-order valence-corrected chi connectivity index (χ3v) is 6.01. The Kier molecular flexibility index (Phi) is 5.49. The molecule has 170 valence electrons. The van der Waals surface area contributed by atoms with Gasteiger partial charge in [-0.15, -0.1) is 0 Å². The second-order valence-electron chi connectivity index (χ2n) is 8.18. The van der Waals surface area contributed by atoms with E-state index in [4.69, 9.17) is 4.42 Å². The molecule has 0 spiro atoms. The van der Waals surface area contributed by atoms with Crippen LogP contribution in [0, 0.1) is 17.6 Å². The van der Waals surface area contributed by atoms with Crippen LogP contribution in [0.3, 0.4) is 0 Å². The van der Waals surface area contributed by atoms with Crippen molar-refractivity contribution in [3.8, 4) is 5.69 Å². The number of amides is 1. The molecule has 1 saturated heterocycles. The fraction of sp³-hybridized carbons (Fsp3) is 0.304. The van der Waals surface area contributed by atoms with Crippen molar-refractivity contribution in [2.45, 2.75) is 25.8 Å². The lowest BCUT2D eigenvalue weighted by molar-refractivity contribution is 0.0538. The van der Waals surface area contributed by atoms with Crippen LogP contribution in [0.1, 0.15) is 30.1 Å². The number of anilines is 1. The van der Waals surface area contributed by atoms with Crippen molar-refractivity contribution in [1.29, 1.82) is 0 Å². The Bertz CT molecular complexity index is 1290. The number of halogens is 2. The number of oxazole rings is 1. The summed E-state index contributed by atoms with van der Waals surface area (Å²) >= 11 is 0. The van der Waals surface area contributed by atoms with E-state index in [1.807, 2.05) is 0 Å². The Morgan fingerprint density at radius 2 is 1.91 bits per heavy atom. The minimum absolute atomic E-state index is 0.181. The van der Waals surface area contributed by atoms with Crippen LogP contribution in [-0.2, 0) is 0 Å². The predicted octanol–water partition coefficient (Wildman–Crippen LogP) is 4.04. The maximum absolute atomic E-state index is 14.1. The van der Waals surface area contributed by atoms with Crippen LogP contribution in [0.25, 0.3) is 16.8 Å². The van der Waals surface area contributed by atoms with E-state index in [0.717, 1.165) is 12.8 Å². The molecule has 2 aromatic carbocycles. The number of likely N-dealkylation sites (tertiary alicyclic amines) is 1. The van der Waals surface area contributed by atoms with E-state index in [1.165, 1.54) is 47.5 Å². The van der Waals surface area contributed by atoms with Gasteiger partial charge >= 0.3 is 0 Å². The Hall–Kier alpha value is -3.82. The van der Waals surface area contributed by atoms with Gasteiger partial charge in [0.15, 0.2) is 5.58 Å². The number of hydrogen-bond donors (Lipinski definition) is 1. The number of aromatic nitrogens is 4. The fourth-order valence-electron chi connectivity index (χ4n) is 4.33. The number of fused-ring (bicyclic) bond motifs is 1. The summed E-state index contributed by atoms with van der Waals surface area (Å²) in [5, 5.41) is 11.3. The van der Waals surface area contributed by atoms with E-state index in [9.17, 15) is 13.6 Å². The van der Waals surface area contributed by atoms with Gasteiger partial charge in [0.2, 0.25) is 0 Å². The molecule has 10 heteroatoms. The summed E-state index contributed by atoms with van der Waals surface area (Å²) in [6.07, 6.45) is 4.79. The van der Waals surface area contributed by atoms with Gasteiger partial charge in [-0.05, 0) is 49.1 Å². The first-order valence-electron chi connectivity index (χ1n) is 10.8. The molecule has 0 saturated carbocycles. The molecule has 3 heterocycles. The number of benzene rings is 2. The first-order chi connectivity index (χ1) is 16.0. The minimum atomic E-state index is -0.507. The van der Waals surface area contributed by atoms with Crippen LogP contribution in [-0.4, -0.2) is 49.9 Å². The highest BCUT2D eigenvalue weighted by atomic mass is 19.1. The molecule has 1 aliphatic heterocycles. The summed E-state index contributed by atoms with van der Waals surface area (Å²) < 4.78 is 33.2. The van der Waals surface area contributed by atoms with Crippen molar-refractivity contribution in [3.63, 3.8) is 0 Å². The number of rotatable bonds is 5. The Morgan fingerprint density at radius 3 is 2.73 bits per heavy atom. The van der Waals surface area contributed by atoms with Crippen molar-refractivity contribution < 1.29 is 18.0 Å². The van der Waals surface area contributed by atoms with Crippen molar-refractivity contribution >= 4 is 23.0 Å². The largest absolute Gasteiger partial charge is 0.423 e. The van der Waals surface area contributed by atoms with Crippen LogP contribution in [0.2, 0.25) is 0 Å². The summed E-state index contributed by atoms with van der Waals surface area (Å²) in [4.78, 5) is 21.0. The van der Waals surface area contributed by atoms with Gasteiger partial charge in [-0.25, -0.2) is 8.78 Å². The molecule has 2 aromatic heterocycles. The van der Waals surface area contributed by atoms with Gasteiger partial charge in [-0.1, -0.05) is 6.92 Å². The van der Waals surface area contributed by atoms with Gasteiger partial charge in [0.05, 0.1) is 29.7 Å². The zero-order chi connectivity index (χ0) is 22.9. The topological polar surface area (TPSA) is 89.1 Å². The van der Waals surface area contributed by atoms with Crippen molar-refractivity contribution in [3.05, 3.63) is 66.0 Å². The number of carbonyl (C=O) groups excluding carboxylic acids is 1. The van der Waals surface area contributed by atoms with Crippen LogP contribution in [0.15, 0.2) is 53.2 Å². The van der Waals surface area contributed by atoms with Gasteiger partial charge in [-0.3, -0.25) is 4.79 Å². The lowest BCUT2D eigenvalue weighted by Crippen LogP contribution is -2.51. The highest BCUT2D eigenvalue weighted by Gasteiger charge is 2.34. The van der Waals surface area contributed by atoms with Crippen LogP contribution in [0.5, 0.6) is 0 Å². The summed E-state index contributed by atoms with van der Waals surface area (Å²) in [7, 11) is 0. The molecule has 0 bridgehead atoms. The van der Waals surface area contributed by atoms with Crippen molar-refractivity contribution in [2.75, 3.05) is 18.4 Å². The van der Waals surface area contributed by atoms with E-state index in [1.54, 1.807) is 11.0 Å². The third kappa shape index (κ3) is 4.15. The Morgan fingerprint density at radius 1 is 1.15 bits per heavy atom. The van der Waals surface area contributed by atoms with Gasteiger partial charge in [0, 0.05) is 19.2 Å². The quantitative estimate of drug-likeness (QED) is 0.492. The normalized spacial score (nSPS) is 18.6. The number of hydrogen-bond acceptors (Lipinski definition) is 6. The number of piperidine rings is 1. The number of carbonyl (C=O) groups is 1. The molecule has 8 nitrogen and oxygen atoms in total. The lowest BCUT2D eigenvalue weighted by atomic mass is 9.90. The van der Waals surface area contributed by atoms with Crippen molar-refractivity contribution in [1.82, 2.24) is 24.9 Å². The zero-order valence-corrected chi connectivity index (χ0v) is 17.9. The Balaban J connectivity index is 1.40. The average Bonchev–Trinajstić information content (AvgIpc) is 3.47. The van der Waals surface area contributed by atoms with Gasteiger partial charge < -0.3 is 14.6 Å². The summed E-state index contributed by atoms with van der Waals surface area (Å²) in [6, 6.07) is 8.23. The van der Waals surface area contributed by atoms with E-state index in [2.05, 4.69) is 27.4 Å². The maximum Gasteiger partial charge on any atom is 0.295 e. The molecule has 5 rings (SSSR count). The van der Waals surface area contributed by atoms with Gasteiger partial charge in [0.25, 0.3) is 11.9 Å². The molecule has 2 atom stereocenters. The highest BCUT2D eigenvalue weighted by molar-refractivity contribution is 5.98. The third-order valence-electron chi connectivity index (χ3n) is 6.01. The van der Waals surface area contributed by atoms with E-state index < -0.39 is 11.6 Å². The van der Waals surface area contributed by atoms with Crippen LogP contribution < -0.4 is 5.32 Å². The monoisotopic (exact) mass is 452 g/mol. The van der Waals surface area contributed by atoms with Gasteiger partial charge in [-0.2, -0.15) is 20.0 Å². The SMILES string of the molecule is C[C@@H]1CCCN(C(=O)c2cc(F)ccc2-n2nccn2)[C@@H]1CNc1nc2ccc(F)cc2o1. The minimum Gasteiger partial charge on any atom is -0.423 e. The average molecular weight is 452 g/mol. The molecule has 0 radical (unpaired) electrons. The number of nitrogens with zero attached hydrogens (tertiary/aromatic N) is 5. The molecule has 1 aliphatic rings. The van der Waals surface area contributed by atoms with Crippen LogP contribution >= 0.6 is 0 Å². The van der Waals surface area contributed by atoms with Crippen molar-refractivity contribution in [2.24, 2.45) is 5.92 Å². The zero-order valence-electron chi connectivity index (χ0n) is 17.9. The molecule has 1 fully saturated rings. The number of nitrogens with one attached hydrogen (secondary N) is 1. The van der Waals surface area contributed by atoms with E-state index >= 15 is 0 Å². The van der Waals surface area contributed by atoms with Crippen LogP contribution in [0.4, 0.5) is 14.8 Å². The second kappa shape index (κ2) is 8.61. The molecule has 0 unspecified atom stereocenters. The second-order valence-corrected chi connectivity index (χ2v) is 8.18. The summed E-state index contributed by atoms with van der Waals surface area (Å²) in [5.41, 5.74) is 1.50. The summed E-state index contributed by atoms with van der Waals surface area (Å²) in [5.74, 6) is -1.01. The lowest BCUT2D eigenvalue weighted by Gasteiger charge is -2.40. The molecular formula is C23H22F2N6O2. The first kappa shape index (κ1) is 21.0. The fourth-order valence-corrected chi connectivity index (χ4v) is 4.33. The predicted molar refractivity (Wildman–Crippen MR) is 117 cm³/mol. The Labute approximate surface area is 188 Å². The highest BCUT2D eigenvalue weighted by Crippen LogP contribution is 2.28. The molecular weight excluding hydrogens is 430 g/mol. The maximum atomic E-state index is 14.1. The van der Waals surface area contributed by atoms with Gasteiger partial charge in [0.1, 0.15) is 17.2 Å². The molecule has 33 heavy (non-hydrogen) atoms. The van der Waals surface area contributed by atoms with E-state index in [-0.39, 0.29) is 29.4 Å². The standard InChI is InChI=1S/C23H22F2N6O2/c1-14-3-2-10-30(20(14)13-26-23-29-18-6-4-16(25)12-21(18)33-23)22(32)17-11-15(24)5-7-19(17)31-27-8-9-28-31/h4-9,11-12,14,20H,2-3,10,13H2,1H3,(H,26,29)/t14-,20-/m1/s1. The summed E-state index contributed by atoms with van der Waals surface area (Å²) in [6.45, 7) is 3.00. The first-order valence-corrected chi connectivity index (χ1v) is 10.8. The molecule has 0 aliphatic carbocycles.